The highest BCUT2D eigenvalue weighted by Gasteiger charge is 2.40. The summed E-state index contributed by atoms with van der Waals surface area (Å²) in [6.07, 6.45) is -4.02. The number of anilines is 1. The van der Waals surface area contributed by atoms with Crippen molar-refractivity contribution in [1.29, 1.82) is 0 Å². The molecule has 1 aromatic carbocycles. The van der Waals surface area contributed by atoms with Crippen molar-refractivity contribution in [2.75, 3.05) is 5.32 Å². The summed E-state index contributed by atoms with van der Waals surface area (Å²) in [6.45, 7) is 0. The maximum Gasteiger partial charge on any atom is 0.435 e. The Kier molecular flexibility index (Phi) is 5.56. The lowest BCUT2D eigenvalue weighted by Gasteiger charge is -2.22. The number of amides is 1. The highest BCUT2D eigenvalue weighted by Crippen LogP contribution is 2.31. The van der Waals surface area contributed by atoms with Crippen LogP contribution in [0.3, 0.4) is 0 Å². The molecule has 0 aliphatic rings. The van der Waals surface area contributed by atoms with Gasteiger partial charge in [-0.2, -0.15) is 18.3 Å². The van der Waals surface area contributed by atoms with Gasteiger partial charge in [-0.1, -0.05) is 12.1 Å². The molecule has 0 radical (unpaired) electrons. The number of aryl methyl sites for hydroxylation is 1. The van der Waals surface area contributed by atoms with E-state index in [4.69, 9.17) is 30.2 Å². The number of para-hydroxylation sites is 1. The average Bonchev–Trinajstić information content (AvgIpc) is 2.91. The average molecular weight is 405 g/mol. The third kappa shape index (κ3) is 4.14. The van der Waals surface area contributed by atoms with Crippen LogP contribution >= 0.6 is 24.4 Å². The van der Waals surface area contributed by atoms with Gasteiger partial charge >= 0.3 is 6.18 Å². The Hall–Kier alpha value is -2.60. The number of carbonyl (C=O) groups is 1. The van der Waals surface area contributed by atoms with E-state index in [9.17, 15) is 22.4 Å². The minimum atomic E-state index is -4.88. The Balaban J connectivity index is 2.39. The number of nitrogens with zero attached hydrogens (tertiary/aromatic N) is 3. The van der Waals surface area contributed by atoms with Gasteiger partial charge in [-0.25, -0.2) is 9.29 Å². The standard InChI is InChI=1S/C14H11F4N5OS2/c1-22-6-7(10(21-22)14(16,17)18)11(24)23(12(19)25)13(26)20-9-5-3-2-4-8(9)15/h2-6H,1H3,(H2,19,25)(H,20,26). The molecule has 1 aromatic heterocycles. The number of nitrogens with one attached hydrogen (secondary N) is 1. The summed E-state index contributed by atoms with van der Waals surface area (Å²) in [5, 5.41) is 4.54. The fourth-order valence-corrected chi connectivity index (χ4v) is 2.52. The van der Waals surface area contributed by atoms with Gasteiger partial charge in [0.1, 0.15) is 5.82 Å². The van der Waals surface area contributed by atoms with E-state index in [1.165, 1.54) is 25.2 Å². The molecule has 0 atom stereocenters. The smallest absolute Gasteiger partial charge is 0.375 e. The largest absolute Gasteiger partial charge is 0.435 e. The van der Waals surface area contributed by atoms with Gasteiger partial charge in [-0.05, 0) is 36.6 Å². The molecular weight excluding hydrogens is 394 g/mol. The molecule has 26 heavy (non-hydrogen) atoms. The lowest BCUT2D eigenvalue weighted by atomic mass is 10.2. The van der Waals surface area contributed by atoms with Gasteiger partial charge in [-0.3, -0.25) is 9.48 Å². The Morgan fingerprint density at radius 2 is 1.92 bits per heavy atom. The fraction of sp³-hybridized carbons (Fsp3) is 0.143. The first-order valence-electron chi connectivity index (χ1n) is 6.82. The number of halogens is 4. The molecule has 0 spiro atoms. The van der Waals surface area contributed by atoms with Gasteiger partial charge in [-0.15, -0.1) is 0 Å². The monoisotopic (exact) mass is 405 g/mol. The zero-order chi connectivity index (χ0) is 19.6. The van der Waals surface area contributed by atoms with Crippen LogP contribution in [0.4, 0.5) is 23.2 Å². The molecule has 3 N–H and O–H groups in total. The number of aromatic nitrogens is 2. The number of hydrogen-bond donors (Lipinski definition) is 2. The van der Waals surface area contributed by atoms with E-state index in [1.54, 1.807) is 0 Å². The fourth-order valence-electron chi connectivity index (χ4n) is 2.00. The number of rotatable bonds is 2. The van der Waals surface area contributed by atoms with Gasteiger partial charge in [0.2, 0.25) is 0 Å². The lowest BCUT2D eigenvalue weighted by Crippen LogP contribution is -2.47. The molecule has 0 saturated carbocycles. The molecule has 6 nitrogen and oxygen atoms in total. The highest BCUT2D eigenvalue weighted by atomic mass is 32.1. The first-order valence-corrected chi connectivity index (χ1v) is 7.64. The lowest BCUT2D eigenvalue weighted by molar-refractivity contribution is -0.141. The van der Waals surface area contributed by atoms with E-state index >= 15 is 0 Å². The summed E-state index contributed by atoms with van der Waals surface area (Å²) in [6, 6.07) is 5.35. The third-order valence-electron chi connectivity index (χ3n) is 3.07. The van der Waals surface area contributed by atoms with E-state index in [0.717, 1.165) is 16.9 Å². The number of thiocarbonyl (C=S) groups is 2. The Morgan fingerprint density at radius 1 is 1.31 bits per heavy atom. The summed E-state index contributed by atoms with van der Waals surface area (Å²) in [7, 11) is 1.22. The van der Waals surface area contributed by atoms with E-state index < -0.39 is 39.4 Å². The van der Waals surface area contributed by atoms with Gasteiger partial charge in [0.25, 0.3) is 5.91 Å². The molecule has 0 aliphatic carbocycles. The first-order chi connectivity index (χ1) is 12.0. The maximum atomic E-state index is 13.7. The summed E-state index contributed by atoms with van der Waals surface area (Å²) in [5.41, 5.74) is 3.12. The Morgan fingerprint density at radius 3 is 2.46 bits per heavy atom. The summed E-state index contributed by atoms with van der Waals surface area (Å²) < 4.78 is 53.8. The Bertz CT molecular complexity index is 880. The van der Waals surface area contributed by atoms with Gasteiger partial charge < -0.3 is 11.1 Å². The third-order valence-corrected chi connectivity index (χ3v) is 3.54. The predicted octanol–water partition coefficient (Wildman–Crippen LogP) is 2.66. The summed E-state index contributed by atoms with van der Waals surface area (Å²) in [4.78, 5) is 13.0. The second kappa shape index (κ2) is 7.33. The number of benzene rings is 1. The molecule has 0 unspecified atom stereocenters. The van der Waals surface area contributed by atoms with E-state index in [1.807, 2.05) is 0 Å². The van der Waals surface area contributed by atoms with Crippen LogP contribution in [-0.4, -0.2) is 30.8 Å². The molecule has 138 valence electrons. The van der Waals surface area contributed by atoms with Crippen molar-refractivity contribution in [1.82, 2.24) is 14.7 Å². The molecule has 0 fully saturated rings. The second-order valence-corrected chi connectivity index (χ2v) is 5.76. The molecule has 0 aliphatic heterocycles. The van der Waals surface area contributed by atoms with Crippen LogP contribution in [0.15, 0.2) is 30.5 Å². The minimum absolute atomic E-state index is 0.103. The molecule has 1 amide bonds. The number of carbonyl (C=O) groups excluding carboxylic acids is 1. The molecule has 0 bridgehead atoms. The van der Waals surface area contributed by atoms with Crippen LogP contribution in [0.5, 0.6) is 0 Å². The van der Waals surface area contributed by atoms with E-state index in [-0.39, 0.29) is 5.69 Å². The quantitative estimate of drug-likeness (QED) is 0.591. The second-order valence-electron chi connectivity index (χ2n) is 4.95. The van der Waals surface area contributed by atoms with Crippen molar-refractivity contribution in [2.24, 2.45) is 12.8 Å². The number of nitrogens with two attached hydrogens (primary N) is 1. The SMILES string of the molecule is Cn1cc(C(=O)N(C(N)=S)C(=S)Nc2ccccc2F)c(C(F)(F)F)n1. The van der Waals surface area contributed by atoms with Gasteiger partial charge in [0, 0.05) is 13.2 Å². The van der Waals surface area contributed by atoms with Crippen LogP contribution in [-0.2, 0) is 13.2 Å². The maximum absolute atomic E-state index is 13.7. The Labute approximate surface area is 155 Å². The zero-order valence-corrected chi connectivity index (χ0v) is 14.7. The van der Waals surface area contributed by atoms with Crippen LogP contribution < -0.4 is 11.1 Å². The van der Waals surface area contributed by atoms with Gasteiger partial charge in [0.05, 0.1) is 11.3 Å². The van der Waals surface area contributed by atoms with Crippen LogP contribution in [0.2, 0.25) is 0 Å². The van der Waals surface area contributed by atoms with Crippen molar-refractivity contribution in [3.05, 3.63) is 47.5 Å². The van der Waals surface area contributed by atoms with Crippen LogP contribution in [0, 0.1) is 5.82 Å². The first kappa shape index (κ1) is 19.7. The van der Waals surface area contributed by atoms with E-state index in [0.29, 0.717) is 4.90 Å². The zero-order valence-electron chi connectivity index (χ0n) is 13.0. The normalized spacial score (nSPS) is 11.1. The number of alkyl halides is 3. The topological polar surface area (TPSA) is 76.2 Å². The van der Waals surface area contributed by atoms with Crippen LogP contribution in [0.1, 0.15) is 16.1 Å². The molecule has 12 heteroatoms. The minimum Gasteiger partial charge on any atom is -0.375 e. The van der Waals surface area contributed by atoms with Crippen LogP contribution in [0.25, 0.3) is 0 Å². The van der Waals surface area contributed by atoms with Crippen molar-refractivity contribution in [3.63, 3.8) is 0 Å². The predicted molar refractivity (Wildman–Crippen MR) is 93.8 cm³/mol. The molecule has 0 saturated heterocycles. The van der Waals surface area contributed by atoms with Crippen molar-refractivity contribution < 1.29 is 22.4 Å². The number of hydrogen-bond acceptors (Lipinski definition) is 4. The molecule has 2 rings (SSSR count). The summed E-state index contributed by atoms with van der Waals surface area (Å²) >= 11 is 9.68. The van der Waals surface area contributed by atoms with E-state index in [2.05, 4.69) is 10.4 Å². The molecule has 2 aromatic rings. The molecular formula is C14H11F4N5OS2. The molecule has 1 heterocycles. The van der Waals surface area contributed by atoms with Crippen molar-refractivity contribution in [3.8, 4) is 0 Å². The van der Waals surface area contributed by atoms with Crippen molar-refractivity contribution in [2.45, 2.75) is 6.18 Å². The summed E-state index contributed by atoms with van der Waals surface area (Å²) in [5.74, 6) is -1.94. The highest BCUT2D eigenvalue weighted by molar-refractivity contribution is 7.82. The van der Waals surface area contributed by atoms with Gasteiger partial charge in [0.15, 0.2) is 15.9 Å². The van der Waals surface area contributed by atoms with Crippen molar-refractivity contribution >= 4 is 46.3 Å².